The van der Waals surface area contributed by atoms with Gasteiger partial charge in [0.2, 0.25) is 0 Å². The van der Waals surface area contributed by atoms with Gasteiger partial charge in [0.05, 0.1) is 13.2 Å². The zero-order valence-corrected chi connectivity index (χ0v) is 7.79. The third-order valence-electron chi connectivity index (χ3n) is 1.25. The van der Waals surface area contributed by atoms with E-state index in [4.69, 9.17) is 9.47 Å². The van der Waals surface area contributed by atoms with Crippen LogP contribution in [0.4, 0.5) is 0 Å². The Bertz CT molecular complexity index is 148. The van der Waals surface area contributed by atoms with Crippen LogP contribution in [0.5, 0.6) is 0 Å². The molecular weight excluding hydrogens is 208 g/mol. The normalized spacial score (nSPS) is 20.8. The number of ether oxygens (including phenoxy) is 2. The fourth-order valence-corrected chi connectivity index (χ4v) is 0.988. The van der Waals surface area contributed by atoms with Crippen molar-refractivity contribution in [2.45, 2.75) is 6.29 Å². The van der Waals surface area contributed by atoms with E-state index in [0.29, 0.717) is 13.2 Å². The topological polar surface area (TPSA) is 18.5 Å². The lowest BCUT2D eigenvalue weighted by molar-refractivity contribution is -0.00152. The Balaban J connectivity index is 2.17. The Morgan fingerprint density at radius 2 is 2.00 bits per heavy atom. The van der Waals surface area contributed by atoms with E-state index >= 15 is 0 Å². The molecule has 62 valence electrons. The van der Waals surface area contributed by atoms with E-state index in [1.807, 2.05) is 24.3 Å². The highest BCUT2D eigenvalue weighted by Gasteiger charge is 2.10. The van der Waals surface area contributed by atoms with Gasteiger partial charge in [-0.25, -0.2) is 0 Å². The van der Waals surface area contributed by atoms with E-state index in [0.717, 1.165) is 5.33 Å². The third kappa shape index (κ3) is 3.70. The minimum absolute atomic E-state index is 0.130. The highest BCUT2D eigenvalue weighted by atomic mass is 79.9. The second-order valence-corrected chi connectivity index (χ2v) is 2.72. The van der Waals surface area contributed by atoms with Gasteiger partial charge < -0.3 is 9.47 Å². The summed E-state index contributed by atoms with van der Waals surface area (Å²) in [5.74, 6) is 0. The molecule has 1 rings (SSSR count). The molecule has 0 spiro atoms. The number of rotatable bonds is 3. The van der Waals surface area contributed by atoms with E-state index < -0.39 is 0 Å². The summed E-state index contributed by atoms with van der Waals surface area (Å²) in [5.41, 5.74) is 0. The summed E-state index contributed by atoms with van der Waals surface area (Å²) >= 11 is 3.28. The van der Waals surface area contributed by atoms with Crippen molar-refractivity contribution in [1.82, 2.24) is 0 Å². The molecule has 1 aliphatic rings. The fraction of sp³-hybridized carbons (Fsp3) is 0.500. The van der Waals surface area contributed by atoms with E-state index in [2.05, 4.69) is 15.9 Å². The van der Waals surface area contributed by atoms with E-state index in [1.54, 1.807) is 0 Å². The third-order valence-corrected chi connectivity index (χ3v) is 1.63. The first kappa shape index (κ1) is 8.97. The quantitative estimate of drug-likeness (QED) is 0.532. The van der Waals surface area contributed by atoms with Gasteiger partial charge in [0.15, 0.2) is 6.29 Å². The number of alkyl halides is 1. The maximum atomic E-state index is 5.18. The van der Waals surface area contributed by atoms with Gasteiger partial charge in [-0.15, -0.1) is 0 Å². The smallest absolute Gasteiger partial charge is 0.177 e. The molecule has 1 fully saturated rings. The molecule has 0 aromatic rings. The molecule has 0 atom stereocenters. The molecule has 0 aromatic carbocycles. The largest absolute Gasteiger partial charge is 0.347 e. The van der Waals surface area contributed by atoms with Crippen LogP contribution >= 0.6 is 15.9 Å². The second kappa shape index (κ2) is 5.52. The molecule has 0 radical (unpaired) electrons. The van der Waals surface area contributed by atoms with Crippen molar-refractivity contribution in [1.29, 1.82) is 0 Å². The molecule has 0 amide bonds. The van der Waals surface area contributed by atoms with Crippen LogP contribution in [0, 0.1) is 0 Å². The van der Waals surface area contributed by atoms with Crippen LogP contribution in [0.15, 0.2) is 24.3 Å². The first-order chi connectivity index (χ1) is 5.43. The first-order valence-electron chi connectivity index (χ1n) is 3.56. The van der Waals surface area contributed by atoms with Crippen LogP contribution in [0.1, 0.15) is 0 Å². The zero-order chi connectivity index (χ0) is 7.94. The van der Waals surface area contributed by atoms with Crippen LogP contribution in [-0.4, -0.2) is 24.8 Å². The van der Waals surface area contributed by atoms with Crippen molar-refractivity contribution in [3.05, 3.63) is 24.3 Å². The number of allylic oxidation sites excluding steroid dienone is 3. The van der Waals surface area contributed by atoms with Gasteiger partial charge in [0.1, 0.15) is 0 Å². The van der Waals surface area contributed by atoms with Crippen LogP contribution < -0.4 is 0 Å². The van der Waals surface area contributed by atoms with Crippen LogP contribution in [0.2, 0.25) is 0 Å². The predicted molar refractivity (Wildman–Crippen MR) is 47.8 cm³/mol. The summed E-state index contributed by atoms with van der Waals surface area (Å²) in [5, 5.41) is 0.879. The Morgan fingerprint density at radius 1 is 1.27 bits per heavy atom. The number of halogens is 1. The second-order valence-electron chi connectivity index (χ2n) is 2.08. The van der Waals surface area contributed by atoms with Gasteiger partial charge in [-0.05, 0) is 6.08 Å². The molecule has 1 aliphatic heterocycles. The highest BCUT2D eigenvalue weighted by Crippen LogP contribution is 2.04. The van der Waals surface area contributed by atoms with E-state index in [-0.39, 0.29) is 6.29 Å². The van der Waals surface area contributed by atoms with Gasteiger partial charge in [-0.1, -0.05) is 34.2 Å². The Morgan fingerprint density at radius 3 is 2.64 bits per heavy atom. The minimum atomic E-state index is -0.130. The van der Waals surface area contributed by atoms with Crippen LogP contribution in [-0.2, 0) is 9.47 Å². The lowest BCUT2D eigenvalue weighted by Gasteiger charge is -1.99. The maximum Gasteiger partial charge on any atom is 0.177 e. The molecular formula is C8H11BrO2. The molecule has 0 aromatic heterocycles. The van der Waals surface area contributed by atoms with Gasteiger partial charge in [0.25, 0.3) is 0 Å². The predicted octanol–water partition coefficient (Wildman–Crippen LogP) is 1.87. The maximum absolute atomic E-state index is 5.18. The molecule has 11 heavy (non-hydrogen) atoms. The summed E-state index contributed by atoms with van der Waals surface area (Å²) < 4.78 is 10.4. The Labute approximate surface area is 75.0 Å². The highest BCUT2D eigenvalue weighted by molar-refractivity contribution is 9.09. The Hall–Kier alpha value is -0.120. The molecule has 2 nitrogen and oxygen atoms in total. The number of hydrogen-bond acceptors (Lipinski definition) is 2. The summed E-state index contributed by atoms with van der Waals surface area (Å²) in [7, 11) is 0. The molecule has 3 heteroatoms. The molecule has 0 N–H and O–H groups in total. The average molecular weight is 219 g/mol. The zero-order valence-electron chi connectivity index (χ0n) is 6.20. The molecule has 1 heterocycles. The molecule has 1 saturated heterocycles. The number of hydrogen-bond donors (Lipinski definition) is 0. The van der Waals surface area contributed by atoms with Crippen molar-refractivity contribution in [3.63, 3.8) is 0 Å². The molecule has 0 unspecified atom stereocenters. The first-order valence-corrected chi connectivity index (χ1v) is 4.68. The summed E-state index contributed by atoms with van der Waals surface area (Å²) in [4.78, 5) is 0. The monoisotopic (exact) mass is 218 g/mol. The van der Waals surface area contributed by atoms with E-state index in [1.165, 1.54) is 0 Å². The van der Waals surface area contributed by atoms with Crippen molar-refractivity contribution < 1.29 is 9.47 Å². The Kier molecular flexibility index (Phi) is 4.50. The van der Waals surface area contributed by atoms with Gasteiger partial charge in [-0.3, -0.25) is 0 Å². The fourth-order valence-electron chi connectivity index (χ4n) is 0.773. The average Bonchev–Trinajstić information content (AvgIpc) is 2.50. The summed E-state index contributed by atoms with van der Waals surface area (Å²) in [6.07, 6.45) is 7.66. The van der Waals surface area contributed by atoms with Crippen molar-refractivity contribution >= 4 is 15.9 Å². The van der Waals surface area contributed by atoms with Gasteiger partial charge >= 0.3 is 0 Å². The summed E-state index contributed by atoms with van der Waals surface area (Å²) in [6.45, 7) is 1.41. The standard InChI is InChI=1S/C8H11BrO2/c9-5-3-1-2-4-8-10-6-7-11-8/h1-4,8H,5-7H2/b3-1+,4-2+. The van der Waals surface area contributed by atoms with Crippen molar-refractivity contribution in [2.24, 2.45) is 0 Å². The van der Waals surface area contributed by atoms with Crippen molar-refractivity contribution in [3.8, 4) is 0 Å². The molecule has 0 saturated carbocycles. The SMILES string of the molecule is BrC/C=C/C=C/C1OCCO1. The lowest BCUT2D eigenvalue weighted by Crippen LogP contribution is -2.01. The van der Waals surface area contributed by atoms with Gasteiger partial charge in [-0.2, -0.15) is 0 Å². The van der Waals surface area contributed by atoms with Crippen LogP contribution in [0.3, 0.4) is 0 Å². The van der Waals surface area contributed by atoms with Crippen LogP contribution in [0.25, 0.3) is 0 Å². The van der Waals surface area contributed by atoms with Crippen molar-refractivity contribution in [2.75, 3.05) is 18.5 Å². The lowest BCUT2D eigenvalue weighted by atomic mass is 10.4. The van der Waals surface area contributed by atoms with E-state index in [9.17, 15) is 0 Å². The minimum Gasteiger partial charge on any atom is -0.347 e. The molecule has 0 aliphatic carbocycles. The molecule has 0 bridgehead atoms. The van der Waals surface area contributed by atoms with Gasteiger partial charge in [0, 0.05) is 5.33 Å². The summed E-state index contributed by atoms with van der Waals surface area (Å²) in [6, 6.07) is 0.